The number of rotatable bonds is 5. The molecular weight excluding hydrogens is 270 g/mol. The van der Waals surface area contributed by atoms with Crippen LogP contribution in [0, 0.1) is 19.8 Å². The molecule has 2 rings (SSSR count). The number of carbonyl (C=O) groups is 2. The third-order valence-electron chi connectivity index (χ3n) is 3.79. The number of aliphatic carboxylic acids is 1. The number of carboxylic acids is 1. The van der Waals surface area contributed by atoms with Crippen molar-refractivity contribution in [3.8, 4) is 0 Å². The average molecular weight is 291 g/mol. The van der Waals surface area contributed by atoms with Crippen molar-refractivity contribution in [2.24, 2.45) is 5.92 Å². The lowest BCUT2D eigenvalue weighted by Crippen LogP contribution is -2.31. The van der Waals surface area contributed by atoms with Crippen LogP contribution in [-0.4, -0.2) is 29.7 Å². The standard InChI is InChI=1S/C16H21NO4/c1-10-5-6-13(11(2)8-10)17-15(18)9-12(16(19)20)14-4-3-7-21-14/h5-6,8,12,14H,3-4,7,9H2,1-2H3,(H,17,18)(H,19,20)/t12-,14-/m1/s1. The molecule has 0 aromatic heterocycles. The lowest BCUT2D eigenvalue weighted by Gasteiger charge is -2.18. The Labute approximate surface area is 124 Å². The molecule has 1 fully saturated rings. The van der Waals surface area contributed by atoms with Crippen LogP contribution >= 0.6 is 0 Å². The fraction of sp³-hybridized carbons (Fsp3) is 0.500. The molecule has 0 unspecified atom stereocenters. The second-order valence-corrected chi connectivity index (χ2v) is 5.57. The highest BCUT2D eigenvalue weighted by molar-refractivity contribution is 5.93. The summed E-state index contributed by atoms with van der Waals surface area (Å²) in [6, 6.07) is 5.73. The summed E-state index contributed by atoms with van der Waals surface area (Å²) >= 11 is 0. The van der Waals surface area contributed by atoms with Gasteiger partial charge in [0.05, 0.1) is 12.0 Å². The van der Waals surface area contributed by atoms with E-state index in [9.17, 15) is 14.7 Å². The maximum atomic E-state index is 12.1. The number of hydrogen-bond donors (Lipinski definition) is 2. The number of amides is 1. The summed E-state index contributed by atoms with van der Waals surface area (Å²) in [7, 11) is 0. The number of carboxylic acid groups (broad SMARTS) is 1. The molecule has 0 saturated carbocycles. The summed E-state index contributed by atoms with van der Waals surface area (Å²) in [5.74, 6) is -2.04. The Balaban J connectivity index is 2.00. The van der Waals surface area contributed by atoms with Crippen molar-refractivity contribution in [2.45, 2.75) is 39.2 Å². The SMILES string of the molecule is Cc1ccc(NC(=O)C[C@@H](C(=O)O)[C@H]2CCCO2)c(C)c1. The fourth-order valence-corrected chi connectivity index (χ4v) is 2.65. The minimum Gasteiger partial charge on any atom is -0.481 e. The van der Waals surface area contributed by atoms with Crippen LogP contribution in [0.3, 0.4) is 0 Å². The predicted molar refractivity (Wildman–Crippen MR) is 79.3 cm³/mol. The van der Waals surface area contributed by atoms with Gasteiger partial charge in [0, 0.05) is 18.7 Å². The largest absolute Gasteiger partial charge is 0.481 e. The molecule has 21 heavy (non-hydrogen) atoms. The van der Waals surface area contributed by atoms with Gasteiger partial charge in [0.25, 0.3) is 0 Å². The summed E-state index contributed by atoms with van der Waals surface area (Å²) in [4.78, 5) is 23.4. The van der Waals surface area contributed by atoms with E-state index in [4.69, 9.17) is 4.74 Å². The van der Waals surface area contributed by atoms with Gasteiger partial charge in [-0.3, -0.25) is 9.59 Å². The molecule has 2 N–H and O–H groups in total. The van der Waals surface area contributed by atoms with E-state index in [1.807, 2.05) is 32.0 Å². The van der Waals surface area contributed by atoms with E-state index >= 15 is 0 Å². The number of carbonyl (C=O) groups excluding carboxylic acids is 1. The number of benzene rings is 1. The molecule has 1 aliphatic rings. The van der Waals surface area contributed by atoms with Gasteiger partial charge in [0.15, 0.2) is 0 Å². The van der Waals surface area contributed by atoms with Crippen LogP contribution < -0.4 is 5.32 Å². The topological polar surface area (TPSA) is 75.6 Å². The van der Waals surface area contributed by atoms with Crippen molar-refractivity contribution in [1.29, 1.82) is 0 Å². The molecule has 1 amide bonds. The summed E-state index contributed by atoms with van der Waals surface area (Å²) in [6.45, 7) is 4.47. The van der Waals surface area contributed by atoms with Crippen LogP contribution in [-0.2, 0) is 14.3 Å². The normalized spacial score (nSPS) is 19.2. The van der Waals surface area contributed by atoms with Crippen molar-refractivity contribution in [3.63, 3.8) is 0 Å². The van der Waals surface area contributed by atoms with Gasteiger partial charge < -0.3 is 15.2 Å². The maximum absolute atomic E-state index is 12.1. The van der Waals surface area contributed by atoms with Crippen LogP contribution in [0.1, 0.15) is 30.4 Å². The zero-order valence-electron chi connectivity index (χ0n) is 12.4. The molecule has 2 atom stereocenters. The van der Waals surface area contributed by atoms with Crippen molar-refractivity contribution in [3.05, 3.63) is 29.3 Å². The van der Waals surface area contributed by atoms with Crippen molar-refractivity contribution >= 4 is 17.6 Å². The Kier molecular flexibility index (Phi) is 4.96. The molecule has 1 aromatic carbocycles. The smallest absolute Gasteiger partial charge is 0.309 e. The highest BCUT2D eigenvalue weighted by Crippen LogP contribution is 2.24. The molecule has 5 nitrogen and oxygen atoms in total. The minimum atomic E-state index is -0.974. The summed E-state index contributed by atoms with van der Waals surface area (Å²) in [6.07, 6.45) is 1.14. The second kappa shape index (κ2) is 6.72. The first-order chi connectivity index (χ1) is 9.97. The zero-order valence-corrected chi connectivity index (χ0v) is 12.4. The summed E-state index contributed by atoms with van der Waals surface area (Å²) < 4.78 is 5.41. The van der Waals surface area contributed by atoms with Gasteiger partial charge in [-0.15, -0.1) is 0 Å². The molecule has 1 heterocycles. The first kappa shape index (κ1) is 15.5. The van der Waals surface area contributed by atoms with E-state index < -0.39 is 11.9 Å². The third kappa shape index (κ3) is 4.04. The molecule has 0 aliphatic carbocycles. The van der Waals surface area contributed by atoms with Gasteiger partial charge in [-0.1, -0.05) is 17.7 Å². The summed E-state index contributed by atoms with van der Waals surface area (Å²) in [5, 5.41) is 12.1. The van der Waals surface area contributed by atoms with Crippen LogP contribution in [0.4, 0.5) is 5.69 Å². The third-order valence-corrected chi connectivity index (χ3v) is 3.79. The Morgan fingerprint density at radius 2 is 2.19 bits per heavy atom. The van der Waals surface area contributed by atoms with Crippen molar-refractivity contribution in [1.82, 2.24) is 0 Å². The Hall–Kier alpha value is -1.88. The lowest BCUT2D eigenvalue weighted by atomic mass is 9.96. The van der Waals surface area contributed by atoms with E-state index in [0.29, 0.717) is 13.0 Å². The highest BCUT2D eigenvalue weighted by Gasteiger charge is 2.33. The highest BCUT2D eigenvalue weighted by atomic mass is 16.5. The quantitative estimate of drug-likeness (QED) is 0.874. The Morgan fingerprint density at radius 1 is 1.43 bits per heavy atom. The molecule has 0 spiro atoms. The van der Waals surface area contributed by atoms with Gasteiger partial charge in [-0.2, -0.15) is 0 Å². The van der Waals surface area contributed by atoms with E-state index in [-0.39, 0.29) is 18.4 Å². The molecule has 1 saturated heterocycles. The van der Waals surface area contributed by atoms with Crippen LogP contribution in [0.2, 0.25) is 0 Å². The molecule has 0 radical (unpaired) electrons. The van der Waals surface area contributed by atoms with E-state index in [1.54, 1.807) is 0 Å². The van der Waals surface area contributed by atoms with Crippen LogP contribution in [0.15, 0.2) is 18.2 Å². The monoisotopic (exact) mass is 291 g/mol. The van der Waals surface area contributed by atoms with Gasteiger partial charge in [-0.25, -0.2) is 0 Å². The maximum Gasteiger partial charge on any atom is 0.309 e. The van der Waals surface area contributed by atoms with Gasteiger partial charge >= 0.3 is 5.97 Å². The lowest BCUT2D eigenvalue weighted by molar-refractivity contribution is -0.148. The van der Waals surface area contributed by atoms with E-state index in [1.165, 1.54) is 0 Å². The molecular formula is C16H21NO4. The predicted octanol–water partition coefficient (Wildman–Crippen LogP) is 2.51. The van der Waals surface area contributed by atoms with Crippen LogP contribution in [0.25, 0.3) is 0 Å². The Bertz CT molecular complexity index is 535. The second-order valence-electron chi connectivity index (χ2n) is 5.57. The average Bonchev–Trinajstić information content (AvgIpc) is 2.92. The fourth-order valence-electron chi connectivity index (χ4n) is 2.65. The van der Waals surface area contributed by atoms with E-state index in [2.05, 4.69) is 5.32 Å². The van der Waals surface area contributed by atoms with Crippen LogP contribution in [0.5, 0.6) is 0 Å². The molecule has 5 heteroatoms. The van der Waals surface area contributed by atoms with Gasteiger partial charge in [-0.05, 0) is 38.3 Å². The summed E-state index contributed by atoms with van der Waals surface area (Å²) in [5.41, 5.74) is 2.81. The Morgan fingerprint density at radius 3 is 2.76 bits per heavy atom. The number of aryl methyl sites for hydroxylation is 2. The minimum absolute atomic E-state index is 0.0622. The van der Waals surface area contributed by atoms with Gasteiger partial charge in [0.2, 0.25) is 5.91 Å². The molecule has 0 bridgehead atoms. The number of ether oxygens (including phenoxy) is 1. The van der Waals surface area contributed by atoms with Crippen molar-refractivity contribution in [2.75, 3.05) is 11.9 Å². The first-order valence-electron chi connectivity index (χ1n) is 7.19. The first-order valence-corrected chi connectivity index (χ1v) is 7.19. The number of nitrogens with one attached hydrogen (secondary N) is 1. The molecule has 1 aliphatic heterocycles. The molecule has 1 aromatic rings. The zero-order chi connectivity index (χ0) is 15.4. The number of anilines is 1. The molecule has 114 valence electrons. The van der Waals surface area contributed by atoms with E-state index in [0.717, 1.165) is 23.2 Å². The number of hydrogen-bond acceptors (Lipinski definition) is 3. The van der Waals surface area contributed by atoms with Crippen molar-refractivity contribution < 1.29 is 19.4 Å². The van der Waals surface area contributed by atoms with Gasteiger partial charge in [0.1, 0.15) is 0 Å².